The highest BCUT2D eigenvalue weighted by molar-refractivity contribution is 5.77. The lowest BCUT2D eigenvalue weighted by molar-refractivity contribution is -0.173. The fraction of sp³-hybridized carbons (Fsp3) is 0.917. The maximum atomic E-state index is 12.0. The molecule has 6 heteroatoms. The molecule has 42 heavy (non-hydrogen) atoms. The molecule has 250 valence electrons. The summed E-state index contributed by atoms with van der Waals surface area (Å²) in [5.74, 6) is 0.617. The van der Waals surface area contributed by atoms with Crippen molar-refractivity contribution in [3.63, 3.8) is 0 Å². The highest BCUT2D eigenvalue weighted by Gasteiger charge is 2.39. The molecule has 0 aliphatic heterocycles. The van der Waals surface area contributed by atoms with E-state index in [1.807, 2.05) is 96.9 Å². The lowest BCUT2D eigenvalue weighted by Crippen LogP contribution is -2.39. The van der Waals surface area contributed by atoms with E-state index in [0.717, 1.165) is 19.3 Å². The molecular formula is C36H70O6. The predicted octanol–water partition coefficient (Wildman–Crippen LogP) is 10.1. The van der Waals surface area contributed by atoms with Crippen LogP contribution in [-0.4, -0.2) is 34.7 Å². The summed E-state index contributed by atoms with van der Waals surface area (Å²) in [5.41, 5.74) is -2.11. The number of hydrogen-bond donors (Lipinski definition) is 0. The Morgan fingerprint density at radius 1 is 0.571 bits per heavy atom. The Hall–Kier alpha value is -1.59. The second kappa shape index (κ2) is 16.5. The van der Waals surface area contributed by atoms with E-state index >= 15 is 0 Å². The molecule has 0 aromatic heterocycles. The molecule has 1 fully saturated rings. The summed E-state index contributed by atoms with van der Waals surface area (Å²) in [7, 11) is 0. The number of hydrogen-bond acceptors (Lipinski definition) is 6. The molecular weight excluding hydrogens is 528 g/mol. The van der Waals surface area contributed by atoms with Crippen molar-refractivity contribution < 1.29 is 28.6 Å². The zero-order chi connectivity index (χ0) is 34.0. The van der Waals surface area contributed by atoms with Gasteiger partial charge in [-0.1, -0.05) is 47.5 Å². The minimum absolute atomic E-state index is 0.0492. The van der Waals surface area contributed by atoms with Gasteiger partial charge in [0.15, 0.2) is 0 Å². The summed E-state index contributed by atoms with van der Waals surface area (Å²) in [6, 6.07) is 0. The van der Waals surface area contributed by atoms with Crippen molar-refractivity contribution in [2.24, 2.45) is 28.1 Å². The third-order valence-electron chi connectivity index (χ3n) is 9.15. The van der Waals surface area contributed by atoms with E-state index in [9.17, 15) is 14.4 Å². The van der Waals surface area contributed by atoms with Crippen LogP contribution in [0.3, 0.4) is 0 Å². The molecule has 0 atom stereocenters. The van der Waals surface area contributed by atoms with Gasteiger partial charge in [0.05, 0.1) is 16.2 Å². The van der Waals surface area contributed by atoms with Crippen molar-refractivity contribution in [2.45, 2.75) is 186 Å². The molecule has 0 heterocycles. The highest BCUT2D eigenvalue weighted by atomic mass is 16.6. The van der Waals surface area contributed by atoms with Crippen LogP contribution in [0.4, 0.5) is 0 Å². The van der Waals surface area contributed by atoms with Crippen LogP contribution in [0.1, 0.15) is 170 Å². The van der Waals surface area contributed by atoms with Crippen molar-refractivity contribution in [3.8, 4) is 0 Å². The zero-order valence-electron chi connectivity index (χ0n) is 31.1. The van der Waals surface area contributed by atoms with Gasteiger partial charge in [0.2, 0.25) is 0 Å². The number of rotatable bonds is 10. The Morgan fingerprint density at radius 2 is 0.881 bits per heavy atom. The number of esters is 3. The molecule has 1 rings (SSSR count). The van der Waals surface area contributed by atoms with Gasteiger partial charge < -0.3 is 14.2 Å². The molecule has 0 spiro atoms. The predicted molar refractivity (Wildman–Crippen MR) is 175 cm³/mol. The summed E-state index contributed by atoms with van der Waals surface area (Å²) < 4.78 is 16.5. The topological polar surface area (TPSA) is 78.9 Å². The molecule has 0 aromatic carbocycles. The Balaban J connectivity index is 0. The van der Waals surface area contributed by atoms with Crippen molar-refractivity contribution in [1.82, 2.24) is 0 Å². The summed E-state index contributed by atoms with van der Waals surface area (Å²) in [4.78, 5) is 35.3. The van der Waals surface area contributed by atoms with Gasteiger partial charge in [-0.3, -0.25) is 14.4 Å². The van der Waals surface area contributed by atoms with Crippen LogP contribution in [0.2, 0.25) is 0 Å². The van der Waals surface area contributed by atoms with Crippen LogP contribution in [0.25, 0.3) is 0 Å². The van der Waals surface area contributed by atoms with E-state index in [1.54, 1.807) is 0 Å². The average Bonchev–Trinajstić information content (AvgIpc) is 3.39. The quantitative estimate of drug-likeness (QED) is 0.184. The lowest BCUT2D eigenvalue weighted by Gasteiger charge is -2.34. The summed E-state index contributed by atoms with van der Waals surface area (Å²) in [5, 5.41) is 0. The maximum absolute atomic E-state index is 12.0. The fourth-order valence-corrected chi connectivity index (χ4v) is 3.43. The van der Waals surface area contributed by atoms with Crippen LogP contribution in [0.5, 0.6) is 0 Å². The van der Waals surface area contributed by atoms with Gasteiger partial charge in [0, 0.05) is 0 Å². The van der Waals surface area contributed by atoms with Gasteiger partial charge in [-0.05, 0) is 134 Å². The third-order valence-corrected chi connectivity index (χ3v) is 9.15. The first-order valence-electron chi connectivity index (χ1n) is 16.3. The standard InChI is InChI=1S/C14H26O2.C12H24O2.C10H20O2/c1-6-13(2,3)12(15)16-14(4,5)11-9-7-8-10-11;1-8-11(4,5)10(13)14-12(6,7)9(2)3;1-7-10(5,6)8(11)12-9(2,3)4/h11H,6-10H2,1-5H3;9H,8H2,1-7H3;7H2,1-6H3. The Kier molecular flexibility index (Phi) is 16.7. The molecule has 1 saturated carbocycles. The first-order chi connectivity index (χ1) is 18.6. The molecule has 0 amide bonds. The molecule has 1 aliphatic rings. The van der Waals surface area contributed by atoms with Crippen LogP contribution in [0.15, 0.2) is 0 Å². The van der Waals surface area contributed by atoms with Gasteiger partial charge in [0.1, 0.15) is 16.8 Å². The highest BCUT2D eigenvalue weighted by Crippen LogP contribution is 2.38. The second-order valence-corrected chi connectivity index (χ2v) is 16.3. The van der Waals surface area contributed by atoms with Crippen molar-refractivity contribution in [2.75, 3.05) is 0 Å². The van der Waals surface area contributed by atoms with Gasteiger partial charge in [-0.25, -0.2) is 0 Å². The lowest BCUT2D eigenvalue weighted by atomic mass is 9.87. The fourth-order valence-electron chi connectivity index (χ4n) is 3.43. The maximum Gasteiger partial charge on any atom is 0.312 e. The number of carbonyl (C=O) groups is 3. The number of carbonyl (C=O) groups excluding carboxylic acids is 3. The average molecular weight is 599 g/mol. The molecule has 6 nitrogen and oxygen atoms in total. The minimum atomic E-state index is -0.372. The van der Waals surface area contributed by atoms with E-state index in [2.05, 4.69) is 27.7 Å². The smallest absolute Gasteiger partial charge is 0.312 e. The van der Waals surface area contributed by atoms with Crippen molar-refractivity contribution >= 4 is 17.9 Å². The first kappa shape index (κ1) is 42.5. The molecule has 0 N–H and O–H groups in total. The Labute approximate surface area is 260 Å². The van der Waals surface area contributed by atoms with Gasteiger partial charge >= 0.3 is 17.9 Å². The van der Waals surface area contributed by atoms with E-state index in [1.165, 1.54) is 25.7 Å². The van der Waals surface area contributed by atoms with Crippen LogP contribution >= 0.6 is 0 Å². The molecule has 0 radical (unpaired) electrons. The van der Waals surface area contributed by atoms with Gasteiger partial charge in [-0.2, -0.15) is 0 Å². The van der Waals surface area contributed by atoms with Gasteiger partial charge in [0.25, 0.3) is 0 Å². The second-order valence-electron chi connectivity index (χ2n) is 16.3. The van der Waals surface area contributed by atoms with Crippen LogP contribution in [0, 0.1) is 28.1 Å². The van der Waals surface area contributed by atoms with Crippen LogP contribution in [-0.2, 0) is 28.6 Å². The first-order valence-corrected chi connectivity index (χ1v) is 16.3. The summed E-state index contributed by atoms with van der Waals surface area (Å²) >= 11 is 0. The van der Waals surface area contributed by atoms with E-state index in [4.69, 9.17) is 14.2 Å². The van der Waals surface area contributed by atoms with Crippen molar-refractivity contribution in [1.29, 1.82) is 0 Å². The van der Waals surface area contributed by atoms with E-state index < -0.39 is 0 Å². The third kappa shape index (κ3) is 15.2. The molecule has 0 aromatic rings. The molecule has 0 saturated heterocycles. The molecule has 0 unspecified atom stereocenters. The Morgan fingerprint density at radius 3 is 1.17 bits per heavy atom. The SMILES string of the molecule is CCC(C)(C)C(=O)OC(C)(C)C.CCC(C)(C)C(=O)OC(C)(C)C(C)C.CCC(C)(C)C(=O)OC(C)(C)C1CCCC1. The largest absolute Gasteiger partial charge is 0.460 e. The minimum Gasteiger partial charge on any atom is -0.460 e. The van der Waals surface area contributed by atoms with Crippen molar-refractivity contribution in [3.05, 3.63) is 0 Å². The van der Waals surface area contributed by atoms with Crippen LogP contribution < -0.4 is 0 Å². The Bertz CT molecular complexity index is 833. The van der Waals surface area contributed by atoms with E-state index in [-0.39, 0.29) is 51.0 Å². The zero-order valence-corrected chi connectivity index (χ0v) is 31.1. The molecule has 1 aliphatic carbocycles. The monoisotopic (exact) mass is 599 g/mol. The summed E-state index contributed by atoms with van der Waals surface area (Å²) in [6.45, 7) is 35.4. The summed E-state index contributed by atoms with van der Waals surface area (Å²) in [6.07, 6.45) is 7.40. The van der Waals surface area contributed by atoms with Gasteiger partial charge in [-0.15, -0.1) is 0 Å². The molecule has 0 bridgehead atoms. The van der Waals surface area contributed by atoms with E-state index in [0.29, 0.717) is 11.8 Å². The normalized spacial score (nSPS) is 15.2. The number of ether oxygens (including phenoxy) is 3.